The number of nitrogens with one attached hydrogen (secondary N) is 1. The number of halogens is 1. The number of hydrogen-bond acceptors (Lipinski definition) is 4. The molecule has 0 aliphatic heterocycles. The van der Waals surface area contributed by atoms with E-state index in [4.69, 9.17) is 17.3 Å². The molecule has 1 amide bonds. The Hall–Kier alpha value is -1.82. The minimum Gasteiger partial charge on any atom is -0.397 e. The fourth-order valence-corrected chi connectivity index (χ4v) is 3.12. The third-order valence-electron chi connectivity index (χ3n) is 3.94. The number of nitrogens with zero attached hydrogens (tertiary/aromatic N) is 3. The van der Waals surface area contributed by atoms with E-state index < -0.39 is 0 Å². The lowest BCUT2D eigenvalue weighted by Gasteiger charge is -2.13. The Bertz CT molecular complexity index is 668. The van der Waals surface area contributed by atoms with Gasteiger partial charge in [-0.2, -0.15) is 0 Å². The zero-order valence-corrected chi connectivity index (χ0v) is 11.9. The molecule has 2 aromatic rings. The number of pyridine rings is 1. The van der Waals surface area contributed by atoms with E-state index in [0.29, 0.717) is 22.0 Å². The number of anilines is 1. The van der Waals surface area contributed by atoms with Crippen LogP contribution < -0.4 is 11.1 Å². The summed E-state index contributed by atoms with van der Waals surface area (Å²) in [5, 5.41) is 3.07. The van der Waals surface area contributed by atoms with Crippen LogP contribution in [0.15, 0.2) is 12.4 Å². The van der Waals surface area contributed by atoms with Crippen LogP contribution in [0.2, 0.25) is 5.15 Å². The number of hydrogen-bond donors (Lipinski definition) is 2. The highest BCUT2D eigenvalue weighted by molar-refractivity contribution is 6.30. The van der Waals surface area contributed by atoms with E-state index in [1.165, 1.54) is 0 Å². The summed E-state index contributed by atoms with van der Waals surface area (Å²) in [6, 6.07) is 1.82. The fraction of sp³-hybridized carbons (Fsp3) is 0.462. The lowest BCUT2D eigenvalue weighted by Crippen LogP contribution is -2.25. The summed E-state index contributed by atoms with van der Waals surface area (Å²) < 4.78 is 1.99. The second-order valence-corrected chi connectivity index (χ2v) is 5.52. The standard InChI is InChI=1S/C13H16ClN5O/c1-16-13(20)7-2-3-8(4-7)19-6-17-11-9(15)5-10(14)18-12(11)19/h5-8H,2-4H2,1H3,(H2,15,18)(H,16,20)/t7?,8-/m0/s1. The van der Waals surface area contributed by atoms with Gasteiger partial charge in [0.15, 0.2) is 5.65 Å². The molecule has 3 rings (SSSR count). The minimum absolute atomic E-state index is 0.0546. The van der Waals surface area contributed by atoms with Crippen molar-refractivity contribution in [2.24, 2.45) is 5.92 Å². The Morgan fingerprint density at radius 1 is 1.55 bits per heavy atom. The van der Waals surface area contributed by atoms with Gasteiger partial charge in [-0.25, -0.2) is 9.97 Å². The molecule has 7 heteroatoms. The summed E-state index contributed by atoms with van der Waals surface area (Å²) in [6.07, 6.45) is 4.33. The number of carbonyl (C=O) groups is 1. The zero-order chi connectivity index (χ0) is 14.3. The molecule has 0 aromatic carbocycles. The number of rotatable bonds is 2. The van der Waals surface area contributed by atoms with E-state index in [-0.39, 0.29) is 17.9 Å². The van der Waals surface area contributed by atoms with Crippen LogP contribution in [0.4, 0.5) is 5.69 Å². The largest absolute Gasteiger partial charge is 0.397 e. The first-order valence-corrected chi connectivity index (χ1v) is 6.98. The molecule has 1 fully saturated rings. The zero-order valence-electron chi connectivity index (χ0n) is 11.1. The number of nitrogens with two attached hydrogens (primary N) is 1. The average Bonchev–Trinajstić information content (AvgIpc) is 3.03. The predicted octanol–water partition coefficient (Wildman–Crippen LogP) is 1.75. The van der Waals surface area contributed by atoms with Gasteiger partial charge in [-0.3, -0.25) is 4.79 Å². The van der Waals surface area contributed by atoms with Gasteiger partial charge >= 0.3 is 0 Å². The van der Waals surface area contributed by atoms with Gasteiger partial charge in [0.1, 0.15) is 10.7 Å². The molecule has 0 bridgehead atoms. The van der Waals surface area contributed by atoms with Crippen LogP contribution in [0.5, 0.6) is 0 Å². The van der Waals surface area contributed by atoms with Gasteiger partial charge in [0.2, 0.25) is 5.91 Å². The second-order valence-electron chi connectivity index (χ2n) is 5.14. The van der Waals surface area contributed by atoms with E-state index in [9.17, 15) is 4.79 Å². The van der Waals surface area contributed by atoms with Gasteiger partial charge < -0.3 is 15.6 Å². The van der Waals surface area contributed by atoms with Crippen LogP contribution in [0, 0.1) is 5.92 Å². The SMILES string of the molecule is CNC(=O)C1CC[C@H](n2cnc3c(N)cc(Cl)nc32)C1. The Kier molecular flexibility index (Phi) is 3.25. The lowest BCUT2D eigenvalue weighted by molar-refractivity contribution is -0.124. The Balaban J connectivity index is 1.94. The van der Waals surface area contributed by atoms with Crippen molar-refractivity contribution in [3.8, 4) is 0 Å². The molecule has 2 heterocycles. The molecule has 0 radical (unpaired) electrons. The summed E-state index contributed by atoms with van der Waals surface area (Å²) in [6.45, 7) is 0. The molecule has 1 aliphatic rings. The van der Waals surface area contributed by atoms with Crippen LogP contribution in [-0.2, 0) is 4.79 Å². The number of aromatic nitrogens is 3. The van der Waals surface area contributed by atoms with Crippen molar-refractivity contribution < 1.29 is 4.79 Å². The number of nitrogen functional groups attached to an aromatic ring is 1. The van der Waals surface area contributed by atoms with Crippen LogP contribution in [-0.4, -0.2) is 27.5 Å². The monoisotopic (exact) mass is 293 g/mol. The number of imidazole rings is 1. The van der Waals surface area contributed by atoms with Gasteiger partial charge in [0.25, 0.3) is 0 Å². The molecule has 2 aromatic heterocycles. The molecular formula is C13H16ClN5O. The summed E-state index contributed by atoms with van der Waals surface area (Å²) >= 11 is 5.96. The fourth-order valence-electron chi connectivity index (χ4n) is 2.92. The molecule has 1 unspecified atom stereocenters. The molecule has 20 heavy (non-hydrogen) atoms. The van der Waals surface area contributed by atoms with Gasteiger partial charge in [-0.05, 0) is 19.3 Å². The van der Waals surface area contributed by atoms with Gasteiger partial charge in [-0.15, -0.1) is 0 Å². The van der Waals surface area contributed by atoms with Crippen LogP contribution in [0.3, 0.4) is 0 Å². The molecule has 6 nitrogen and oxygen atoms in total. The number of amides is 1. The van der Waals surface area contributed by atoms with Crippen LogP contribution in [0.1, 0.15) is 25.3 Å². The van der Waals surface area contributed by atoms with Crippen molar-refractivity contribution in [1.29, 1.82) is 0 Å². The van der Waals surface area contributed by atoms with Gasteiger partial charge in [0.05, 0.1) is 12.0 Å². The Morgan fingerprint density at radius 3 is 3.10 bits per heavy atom. The Labute approximate surface area is 121 Å². The normalized spacial score (nSPS) is 22.3. The smallest absolute Gasteiger partial charge is 0.222 e. The maximum Gasteiger partial charge on any atom is 0.222 e. The highest BCUT2D eigenvalue weighted by atomic mass is 35.5. The average molecular weight is 294 g/mol. The quantitative estimate of drug-likeness (QED) is 0.826. The predicted molar refractivity (Wildman–Crippen MR) is 77.4 cm³/mol. The molecule has 3 N–H and O–H groups in total. The van der Waals surface area contributed by atoms with Crippen molar-refractivity contribution >= 4 is 34.4 Å². The first-order valence-electron chi connectivity index (χ1n) is 6.60. The highest BCUT2D eigenvalue weighted by Gasteiger charge is 2.31. The molecule has 0 saturated heterocycles. The Morgan fingerprint density at radius 2 is 2.35 bits per heavy atom. The van der Waals surface area contributed by atoms with Gasteiger partial charge in [0, 0.05) is 25.1 Å². The molecule has 106 valence electrons. The van der Waals surface area contributed by atoms with Crippen molar-refractivity contribution in [2.45, 2.75) is 25.3 Å². The number of fused-ring (bicyclic) bond motifs is 1. The third kappa shape index (κ3) is 2.10. The first kappa shape index (κ1) is 13.2. The molecule has 1 aliphatic carbocycles. The molecular weight excluding hydrogens is 278 g/mol. The van der Waals surface area contributed by atoms with E-state index in [1.54, 1.807) is 19.4 Å². The summed E-state index contributed by atoms with van der Waals surface area (Å²) in [4.78, 5) is 20.3. The molecule has 0 spiro atoms. The summed E-state index contributed by atoms with van der Waals surface area (Å²) in [5.41, 5.74) is 7.79. The maximum atomic E-state index is 11.7. The maximum absolute atomic E-state index is 11.7. The third-order valence-corrected chi connectivity index (χ3v) is 4.14. The van der Waals surface area contributed by atoms with E-state index in [2.05, 4.69) is 15.3 Å². The van der Waals surface area contributed by atoms with Crippen LogP contribution >= 0.6 is 11.6 Å². The summed E-state index contributed by atoms with van der Waals surface area (Å²) in [7, 11) is 1.67. The van der Waals surface area contributed by atoms with Gasteiger partial charge in [-0.1, -0.05) is 11.6 Å². The van der Waals surface area contributed by atoms with E-state index >= 15 is 0 Å². The van der Waals surface area contributed by atoms with Crippen molar-refractivity contribution in [2.75, 3.05) is 12.8 Å². The first-order chi connectivity index (χ1) is 9.60. The van der Waals surface area contributed by atoms with Crippen molar-refractivity contribution in [1.82, 2.24) is 19.9 Å². The second kappa shape index (κ2) is 4.94. The number of carbonyl (C=O) groups excluding carboxylic acids is 1. The van der Waals surface area contributed by atoms with Crippen molar-refractivity contribution in [3.63, 3.8) is 0 Å². The highest BCUT2D eigenvalue weighted by Crippen LogP contribution is 2.36. The lowest BCUT2D eigenvalue weighted by atomic mass is 10.1. The van der Waals surface area contributed by atoms with E-state index in [1.807, 2.05) is 4.57 Å². The van der Waals surface area contributed by atoms with Crippen LogP contribution in [0.25, 0.3) is 11.2 Å². The van der Waals surface area contributed by atoms with Crippen molar-refractivity contribution in [3.05, 3.63) is 17.5 Å². The topological polar surface area (TPSA) is 85.8 Å². The molecule has 2 atom stereocenters. The summed E-state index contributed by atoms with van der Waals surface area (Å²) in [5.74, 6) is 0.154. The minimum atomic E-state index is 0.0546. The molecule has 1 saturated carbocycles. The van der Waals surface area contributed by atoms with E-state index in [0.717, 1.165) is 19.3 Å².